The Labute approximate surface area is 121 Å². The summed E-state index contributed by atoms with van der Waals surface area (Å²) in [4.78, 5) is 0. The minimum absolute atomic E-state index is 0.0545. The van der Waals surface area contributed by atoms with E-state index in [-0.39, 0.29) is 6.04 Å². The van der Waals surface area contributed by atoms with Crippen LogP contribution in [-0.4, -0.2) is 0 Å². The van der Waals surface area contributed by atoms with Gasteiger partial charge in [0.05, 0.1) is 0 Å². The van der Waals surface area contributed by atoms with Gasteiger partial charge in [-0.15, -0.1) is 0 Å². The van der Waals surface area contributed by atoms with Gasteiger partial charge in [0.25, 0.3) is 0 Å². The highest BCUT2D eigenvalue weighted by atomic mass is 16.5. The highest BCUT2D eigenvalue weighted by molar-refractivity contribution is 5.35. The highest BCUT2D eigenvalue weighted by Crippen LogP contribution is 2.26. The first-order valence-corrected chi connectivity index (χ1v) is 7.23. The van der Waals surface area contributed by atoms with Crippen molar-refractivity contribution < 1.29 is 4.74 Å². The first-order chi connectivity index (χ1) is 9.60. The lowest BCUT2D eigenvalue weighted by atomic mass is 9.99. The number of hydrogen-bond acceptors (Lipinski definition) is 2. The van der Waals surface area contributed by atoms with Gasteiger partial charge in [0.15, 0.2) is 0 Å². The van der Waals surface area contributed by atoms with E-state index in [2.05, 4.69) is 26.0 Å². The normalized spacial score (nSPS) is 13.8. The maximum atomic E-state index is 5.84. The Kier molecular flexibility index (Phi) is 4.80. The van der Waals surface area contributed by atoms with E-state index in [0.717, 1.165) is 23.5 Å². The third-order valence-corrected chi connectivity index (χ3v) is 3.70. The Morgan fingerprint density at radius 3 is 1.70 bits per heavy atom. The zero-order valence-corrected chi connectivity index (χ0v) is 12.5. The molecule has 2 rings (SSSR count). The van der Waals surface area contributed by atoms with Crippen LogP contribution >= 0.6 is 0 Å². The molecule has 2 N–H and O–H groups in total. The first kappa shape index (κ1) is 14.6. The number of ether oxygens (including phenoxy) is 1. The molecule has 2 atom stereocenters. The van der Waals surface area contributed by atoms with Crippen LogP contribution in [0.1, 0.15) is 50.3 Å². The summed E-state index contributed by atoms with van der Waals surface area (Å²) in [5.74, 6) is 2.30. The van der Waals surface area contributed by atoms with E-state index in [4.69, 9.17) is 10.5 Å². The third-order valence-electron chi connectivity index (χ3n) is 3.70. The Balaban J connectivity index is 2.06. The van der Waals surface area contributed by atoms with Crippen LogP contribution in [0.4, 0.5) is 0 Å². The molecular formula is C18H23NO. The van der Waals surface area contributed by atoms with E-state index < -0.39 is 0 Å². The van der Waals surface area contributed by atoms with Gasteiger partial charge < -0.3 is 10.5 Å². The monoisotopic (exact) mass is 269 g/mol. The molecule has 2 aromatic carbocycles. The van der Waals surface area contributed by atoms with Crippen LogP contribution in [-0.2, 0) is 0 Å². The summed E-state index contributed by atoms with van der Waals surface area (Å²) in [6.45, 7) is 6.42. The zero-order chi connectivity index (χ0) is 14.5. The van der Waals surface area contributed by atoms with Gasteiger partial charge >= 0.3 is 0 Å². The molecule has 0 amide bonds. The van der Waals surface area contributed by atoms with Crippen LogP contribution in [0.25, 0.3) is 0 Å². The highest BCUT2D eigenvalue weighted by Gasteiger charge is 2.04. The molecule has 0 saturated heterocycles. The molecule has 2 heteroatoms. The molecule has 0 aliphatic heterocycles. The second-order valence-electron chi connectivity index (χ2n) is 5.34. The van der Waals surface area contributed by atoms with Crippen LogP contribution < -0.4 is 10.5 Å². The maximum Gasteiger partial charge on any atom is 0.127 e. The van der Waals surface area contributed by atoms with Gasteiger partial charge in [0.1, 0.15) is 11.5 Å². The van der Waals surface area contributed by atoms with Crippen molar-refractivity contribution in [2.24, 2.45) is 5.73 Å². The fraction of sp³-hybridized carbons (Fsp3) is 0.333. The summed E-state index contributed by atoms with van der Waals surface area (Å²) in [7, 11) is 0. The van der Waals surface area contributed by atoms with E-state index in [1.54, 1.807) is 0 Å². The van der Waals surface area contributed by atoms with E-state index in [9.17, 15) is 0 Å². The lowest BCUT2D eigenvalue weighted by Gasteiger charge is -2.11. The molecule has 0 bridgehead atoms. The summed E-state index contributed by atoms with van der Waals surface area (Å²) in [6, 6.07) is 16.3. The fourth-order valence-electron chi connectivity index (χ4n) is 2.08. The predicted molar refractivity (Wildman–Crippen MR) is 84.3 cm³/mol. The average Bonchev–Trinajstić information content (AvgIpc) is 2.48. The first-order valence-electron chi connectivity index (χ1n) is 7.23. The quantitative estimate of drug-likeness (QED) is 0.827. The van der Waals surface area contributed by atoms with Crippen molar-refractivity contribution in [3.05, 3.63) is 59.7 Å². The fourth-order valence-corrected chi connectivity index (χ4v) is 2.08. The molecule has 0 fully saturated rings. The maximum absolute atomic E-state index is 5.84. The number of rotatable bonds is 5. The predicted octanol–water partition coefficient (Wildman–Crippen LogP) is 5.01. The van der Waals surface area contributed by atoms with Gasteiger partial charge in [0, 0.05) is 6.04 Å². The molecule has 0 saturated carbocycles. The van der Waals surface area contributed by atoms with Crippen molar-refractivity contribution in [3.63, 3.8) is 0 Å². The SMILES string of the molecule is CCC(C)c1ccc(Oc2ccc([C@@H](C)N)cc2)cc1. The van der Waals surface area contributed by atoms with Crippen molar-refractivity contribution in [1.29, 1.82) is 0 Å². The van der Waals surface area contributed by atoms with Crippen LogP contribution in [0.5, 0.6) is 11.5 Å². The Hall–Kier alpha value is -1.80. The molecular weight excluding hydrogens is 246 g/mol. The lowest BCUT2D eigenvalue weighted by Crippen LogP contribution is -2.04. The Morgan fingerprint density at radius 2 is 1.30 bits per heavy atom. The summed E-state index contributed by atoms with van der Waals surface area (Å²) in [5, 5.41) is 0. The van der Waals surface area contributed by atoms with E-state index in [1.165, 1.54) is 5.56 Å². The second-order valence-corrected chi connectivity index (χ2v) is 5.34. The molecule has 1 unspecified atom stereocenters. The molecule has 106 valence electrons. The molecule has 0 aliphatic rings. The van der Waals surface area contributed by atoms with Crippen molar-refractivity contribution in [2.75, 3.05) is 0 Å². The summed E-state index contributed by atoms with van der Waals surface area (Å²) < 4.78 is 5.84. The molecule has 0 spiro atoms. The minimum Gasteiger partial charge on any atom is -0.457 e. The molecule has 2 aromatic rings. The van der Waals surface area contributed by atoms with Gasteiger partial charge in [-0.3, -0.25) is 0 Å². The molecule has 0 heterocycles. The van der Waals surface area contributed by atoms with Gasteiger partial charge in [0.2, 0.25) is 0 Å². The molecule has 2 nitrogen and oxygen atoms in total. The summed E-state index contributed by atoms with van der Waals surface area (Å²) in [5.41, 5.74) is 8.30. The van der Waals surface area contributed by atoms with Gasteiger partial charge in [-0.1, -0.05) is 38.1 Å². The topological polar surface area (TPSA) is 35.2 Å². The van der Waals surface area contributed by atoms with E-state index >= 15 is 0 Å². The minimum atomic E-state index is 0.0545. The smallest absolute Gasteiger partial charge is 0.127 e. The average molecular weight is 269 g/mol. The third kappa shape index (κ3) is 3.61. The molecule has 20 heavy (non-hydrogen) atoms. The molecule has 0 aliphatic carbocycles. The van der Waals surface area contributed by atoms with Crippen LogP contribution in [0.2, 0.25) is 0 Å². The molecule has 0 aromatic heterocycles. The Morgan fingerprint density at radius 1 is 0.850 bits per heavy atom. The number of hydrogen-bond donors (Lipinski definition) is 1. The number of benzene rings is 2. The standard InChI is InChI=1S/C18H23NO/c1-4-13(2)15-5-9-17(10-6-15)20-18-11-7-16(8-12-18)14(3)19/h5-14H,4,19H2,1-3H3/t13?,14-/m1/s1. The van der Waals surface area contributed by atoms with Crippen molar-refractivity contribution in [3.8, 4) is 11.5 Å². The van der Waals surface area contributed by atoms with Gasteiger partial charge in [-0.05, 0) is 54.7 Å². The van der Waals surface area contributed by atoms with Crippen molar-refractivity contribution in [1.82, 2.24) is 0 Å². The lowest BCUT2D eigenvalue weighted by molar-refractivity contribution is 0.482. The second kappa shape index (κ2) is 6.58. The number of nitrogens with two attached hydrogens (primary N) is 1. The van der Waals surface area contributed by atoms with Crippen LogP contribution in [0.3, 0.4) is 0 Å². The van der Waals surface area contributed by atoms with Crippen LogP contribution in [0.15, 0.2) is 48.5 Å². The van der Waals surface area contributed by atoms with Gasteiger partial charge in [-0.25, -0.2) is 0 Å². The van der Waals surface area contributed by atoms with Crippen molar-refractivity contribution >= 4 is 0 Å². The zero-order valence-electron chi connectivity index (χ0n) is 12.5. The summed E-state index contributed by atoms with van der Waals surface area (Å²) in [6.07, 6.45) is 1.15. The van der Waals surface area contributed by atoms with Crippen LogP contribution in [0, 0.1) is 0 Å². The van der Waals surface area contributed by atoms with Crippen molar-refractivity contribution in [2.45, 2.75) is 39.2 Å². The van der Waals surface area contributed by atoms with Gasteiger partial charge in [-0.2, -0.15) is 0 Å². The molecule has 0 radical (unpaired) electrons. The Bertz CT molecular complexity index is 528. The van der Waals surface area contributed by atoms with E-state index in [1.807, 2.05) is 43.3 Å². The van der Waals surface area contributed by atoms with E-state index in [0.29, 0.717) is 5.92 Å². The largest absolute Gasteiger partial charge is 0.457 e. The summed E-state index contributed by atoms with van der Waals surface area (Å²) >= 11 is 0.